The van der Waals surface area contributed by atoms with Crippen LogP contribution in [0.15, 0.2) is 29.3 Å². The summed E-state index contributed by atoms with van der Waals surface area (Å²) in [6.45, 7) is 3.11. The Labute approximate surface area is 175 Å². The maximum Gasteiger partial charge on any atom is 0.191 e. The second-order valence-electron chi connectivity index (χ2n) is 7.22. The first-order valence-corrected chi connectivity index (χ1v) is 9.64. The molecule has 1 aliphatic carbocycles. The third kappa shape index (κ3) is 6.52. The Kier molecular flexibility index (Phi) is 8.81. The molecule has 1 saturated carbocycles. The highest BCUT2D eigenvalue weighted by Crippen LogP contribution is 2.33. The van der Waals surface area contributed by atoms with Crippen molar-refractivity contribution in [2.75, 3.05) is 38.7 Å². The standard InChI is InChI=1S/C20H32N4O.HI/c1-21-20(22-12-4-6-16-10-11-16)23-17-7-5-13-24(15-17)18-8-3-9-19(14-18)25-2;/h3,8-9,14,16-17H,4-7,10-13,15H2,1-2H3,(H2,21,22,23);1H. The number of nitrogens with one attached hydrogen (secondary N) is 2. The molecule has 1 heterocycles. The van der Waals surface area contributed by atoms with E-state index < -0.39 is 0 Å². The Morgan fingerprint density at radius 2 is 2.15 bits per heavy atom. The molecule has 1 unspecified atom stereocenters. The van der Waals surface area contributed by atoms with Crippen LogP contribution in [-0.2, 0) is 0 Å². The van der Waals surface area contributed by atoms with E-state index in [1.54, 1.807) is 7.11 Å². The summed E-state index contributed by atoms with van der Waals surface area (Å²) in [5.41, 5.74) is 1.23. The van der Waals surface area contributed by atoms with Gasteiger partial charge in [-0.2, -0.15) is 0 Å². The number of ether oxygens (including phenoxy) is 1. The van der Waals surface area contributed by atoms with Gasteiger partial charge in [0.05, 0.1) is 7.11 Å². The van der Waals surface area contributed by atoms with Crippen molar-refractivity contribution in [3.05, 3.63) is 24.3 Å². The number of guanidine groups is 1. The van der Waals surface area contributed by atoms with E-state index in [-0.39, 0.29) is 24.0 Å². The molecule has 5 nitrogen and oxygen atoms in total. The number of piperidine rings is 1. The monoisotopic (exact) mass is 472 g/mol. The van der Waals surface area contributed by atoms with E-state index in [2.05, 4.69) is 38.7 Å². The molecule has 6 heteroatoms. The largest absolute Gasteiger partial charge is 0.497 e. The van der Waals surface area contributed by atoms with Crippen molar-refractivity contribution < 1.29 is 4.74 Å². The number of anilines is 1. The summed E-state index contributed by atoms with van der Waals surface area (Å²) in [4.78, 5) is 6.83. The molecule has 1 aliphatic heterocycles. The smallest absolute Gasteiger partial charge is 0.191 e. The van der Waals surface area contributed by atoms with Crippen LogP contribution in [0.1, 0.15) is 38.5 Å². The van der Waals surface area contributed by atoms with Crippen molar-refractivity contribution in [2.45, 2.75) is 44.6 Å². The van der Waals surface area contributed by atoms with Gasteiger partial charge in [-0.3, -0.25) is 4.99 Å². The van der Waals surface area contributed by atoms with Gasteiger partial charge in [-0.15, -0.1) is 24.0 Å². The van der Waals surface area contributed by atoms with Gasteiger partial charge in [0.15, 0.2) is 5.96 Å². The van der Waals surface area contributed by atoms with E-state index in [1.165, 1.54) is 44.2 Å². The number of aliphatic imine (C=N–C) groups is 1. The molecule has 2 N–H and O–H groups in total. The SMILES string of the molecule is CN=C(NCCCC1CC1)NC1CCCN(c2cccc(OC)c2)C1.I. The summed E-state index contributed by atoms with van der Waals surface area (Å²) in [7, 11) is 3.58. The highest BCUT2D eigenvalue weighted by atomic mass is 127. The van der Waals surface area contributed by atoms with Gasteiger partial charge < -0.3 is 20.3 Å². The van der Waals surface area contributed by atoms with Crippen molar-refractivity contribution in [1.82, 2.24) is 10.6 Å². The molecule has 3 rings (SSSR count). The third-order valence-corrected chi connectivity index (χ3v) is 5.18. The highest BCUT2D eigenvalue weighted by molar-refractivity contribution is 14.0. The molecule has 0 bridgehead atoms. The van der Waals surface area contributed by atoms with Crippen molar-refractivity contribution in [3.8, 4) is 5.75 Å². The fraction of sp³-hybridized carbons (Fsp3) is 0.650. The minimum atomic E-state index is 0. The zero-order valence-corrected chi connectivity index (χ0v) is 18.4. The molecule has 0 spiro atoms. The first kappa shape index (κ1) is 21.1. The maximum absolute atomic E-state index is 5.36. The molecule has 0 radical (unpaired) electrons. The van der Waals surface area contributed by atoms with Crippen molar-refractivity contribution >= 4 is 35.6 Å². The van der Waals surface area contributed by atoms with Crippen LogP contribution in [-0.4, -0.2) is 45.8 Å². The number of hydrogen-bond acceptors (Lipinski definition) is 3. The molecule has 2 fully saturated rings. The molecular weight excluding hydrogens is 439 g/mol. The zero-order chi connectivity index (χ0) is 17.5. The first-order valence-electron chi connectivity index (χ1n) is 9.64. The number of halogens is 1. The van der Waals surface area contributed by atoms with Crippen LogP contribution in [0.25, 0.3) is 0 Å². The Morgan fingerprint density at radius 1 is 1.31 bits per heavy atom. The van der Waals surface area contributed by atoms with Gasteiger partial charge in [-0.25, -0.2) is 0 Å². The second kappa shape index (κ2) is 10.8. The molecule has 2 aliphatic rings. The molecule has 146 valence electrons. The molecule has 1 aromatic carbocycles. The summed E-state index contributed by atoms with van der Waals surface area (Å²) in [6, 6.07) is 8.76. The van der Waals surface area contributed by atoms with E-state index in [0.29, 0.717) is 6.04 Å². The summed E-state index contributed by atoms with van der Waals surface area (Å²) in [6.07, 6.45) is 7.85. The predicted octanol–water partition coefficient (Wildman–Crippen LogP) is 3.64. The number of hydrogen-bond donors (Lipinski definition) is 2. The molecule has 1 aromatic rings. The van der Waals surface area contributed by atoms with Gasteiger partial charge >= 0.3 is 0 Å². The third-order valence-electron chi connectivity index (χ3n) is 5.18. The summed E-state index contributed by atoms with van der Waals surface area (Å²) >= 11 is 0. The van der Waals surface area contributed by atoms with Gasteiger partial charge in [-0.05, 0) is 43.7 Å². The number of rotatable bonds is 7. The number of nitrogens with zero attached hydrogens (tertiary/aromatic N) is 2. The average molecular weight is 472 g/mol. The van der Waals surface area contributed by atoms with E-state index in [0.717, 1.165) is 37.3 Å². The average Bonchev–Trinajstić information content (AvgIpc) is 3.49. The first-order chi connectivity index (χ1) is 12.3. The summed E-state index contributed by atoms with van der Waals surface area (Å²) in [5, 5.41) is 7.08. The van der Waals surface area contributed by atoms with E-state index in [9.17, 15) is 0 Å². The topological polar surface area (TPSA) is 48.9 Å². The molecule has 26 heavy (non-hydrogen) atoms. The van der Waals surface area contributed by atoms with Gasteiger partial charge in [0.1, 0.15) is 5.75 Å². The van der Waals surface area contributed by atoms with Crippen LogP contribution in [0.2, 0.25) is 0 Å². The maximum atomic E-state index is 5.36. The van der Waals surface area contributed by atoms with Crippen LogP contribution in [0, 0.1) is 5.92 Å². The predicted molar refractivity (Wildman–Crippen MR) is 120 cm³/mol. The van der Waals surface area contributed by atoms with Crippen molar-refractivity contribution in [3.63, 3.8) is 0 Å². The Hall–Kier alpha value is -1.18. The van der Waals surface area contributed by atoms with Crippen LogP contribution >= 0.6 is 24.0 Å². The summed E-state index contributed by atoms with van der Waals surface area (Å²) in [5.74, 6) is 2.86. The highest BCUT2D eigenvalue weighted by Gasteiger charge is 2.22. The number of methoxy groups -OCH3 is 1. The van der Waals surface area contributed by atoms with E-state index in [4.69, 9.17) is 4.74 Å². The lowest BCUT2D eigenvalue weighted by Crippen LogP contribution is -2.51. The fourth-order valence-electron chi connectivity index (χ4n) is 3.53. The van der Waals surface area contributed by atoms with Crippen LogP contribution in [0.4, 0.5) is 5.69 Å². The van der Waals surface area contributed by atoms with Crippen LogP contribution in [0.5, 0.6) is 5.75 Å². The van der Waals surface area contributed by atoms with Crippen molar-refractivity contribution in [2.24, 2.45) is 10.9 Å². The van der Waals surface area contributed by atoms with Crippen LogP contribution < -0.4 is 20.3 Å². The Bertz CT molecular complexity index is 577. The summed E-state index contributed by atoms with van der Waals surface area (Å²) < 4.78 is 5.36. The van der Waals surface area contributed by atoms with Crippen LogP contribution in [0.3, 0.4) is 0 Å². The lowest BCUT2D eigenvalue weighted by atomic mass is 10.0. The van der Waals surface area contributed by atoms with E-state index >= 15 is 0 Å². The van der Waals surface area contributed by atoms with Gasteiger partial charge in [0, 0.05) is 44.5 Å². The van der Waals surface area contributed by atoms with Gasteiger partial charge in [-0.1, -0.05) is 18.9 Å². The zero-order valence-electron chi connectivity index (χ0n) is 16.0. The quantitative estimate of drug-likeness (QED) is 0.276. The minimum absolute atomic E-state index is 0. The van der Waals surface area contributed by atoms with Gasteiger partial charge in [0.2, 0.25) is 0 Å². The molecule has 0 aromatic heterocycles. The Balaban J connectivity index is 0.00000243. The lowest BCUT2D eigenvalue weighted by molar-refractivity contribution is 0.414. The molecule has 1 saturated heterocycles. The lowest BCUT2D eigenvalue weighted by Gasteiger charge is -2.35. The fourth-order valence-corrected chi connectivity index (χ4v) is 3.53. The second-order valence-corrected chi connectivity index (χ2v) is 7.22. The van der Waals surface area contributed by atoms with E-state index in [1.807, 2.05) is 13.1 Å². The molecule has 0 amide bonds. The molecular formula is C20H33IN4O. The normalized spacial score (nSPS) is 20.3. The number of benzene rings is 1. The van der Waals surface area contributed by atoms with Crippen molar-refractivity contribution in [1.29, 1.82) is 0 Å². The minimum Gasteiger partial charge on any atom is -0.497 e. The Morgan fingerprint density at radius 3 is 2.88 bits per heavy atom. The van der Waals surface area contributed by atoms with Gasteiger partial charge in [0.25, 0.3) is 0 Å². The molecule has 1 atom stereocenters.